The summed E-state index contributed by atoms with van der Waals surface area (Å²) in [6.07, 6.45) is 1.85. The average molecular weight is 313 g/mol. The number of thioether (sulfide) groups is 1. The highest BCUT2D eigenvalue weighted by Gasteiger charge is 2.03. The third-order valence-electron chi connectivity index (χ3n) is 2.46. The van der Waals surface area contributed by atoms with Gasteiger partial charge in [0.15, 0.2) is 0 Å². The lowest BCUT2D eigenvalue weighted by Gasteiger charge is -2.07. The fourth-order valence-electron chi connectivity index (χ4n) is 1.55. The Hall–Kier alpha value is -0.900. The molecule has 0 unspecified atom stereocenters. The van der Waals surface area contributed by atoms with E-state index in [4.69, 9.17) is 23.2 Å². The number of nitrogens with zero attached hydrogens (tertiary/aromatic N) is 1. The maximum Gasteiger partial charge on any atom is 0.144 e. The zero-order valence-electron chi connectivity index (χ0n) is 10.5. The Bertz CT molecular complexity index is 544. The van der Waals surface area contributed by atoms with Crippen LogP contribution in [0.3, 0.4) is 0 Å². The molecule has 1 N–H and O–H groups in total. The van der Waals surface area contributed by atoms with Crippen LogP contribution in [0.5, 0.6) is 0 Å². The highest BCUT2D eigenvalue weighted by Crippen LogP contribution is 2.26. The first-order valence-corrected chi connectivity index (χ1v) is 7.70. The monoisotopic (exact) mass is 312 g/mol. The van der Waals surface area contributed by atoms with E-state index >= 15 is 0 Å². The second kappa shape index (κ2) is 7.04. The van der Waals surface area contributed by atoms with Crippen molar-refractivity contribution < 1.29 is 0 Å². The Morgan fingerprint density at radius 1 is 1.21 bits per heavy atom. The molecule has 0 atom stereocenters. The molecule has 1 aromatic heterocycles. The van der Waals surface area contributed by atoms with Crippen LogP contribution in [-0.4, -0.2) is 11.5 Å². The summed E-state index contributed by atoms with van der Waals surface area (Å²) < 4.78 is 0. The molecule has 2 aromatic rings. The van der Waals surface area contributed by atoms with E-state index in [0.717, 1.165) is 28.7 Å². The van der Waals surface area contributed by atoms with Crippen LogP contribution >= 0.6 is 35.0 Å². The van der Waals surface area contributed by atoms with Gasteiger partial charge >= 0.3 is 0 Å². The number of nitrogens with one attached hydrogen (secondary N) is 1. The Kier molecular flexibility index (Phi) is 5.37. The molecule has 0 amide bonds. The minimum Gasteiger partial charge on any atom is -0.369 e. The van der Waals surface area contributed by atoms with Gasteiger partial charge in [-0.2, -0.15) is 0 Å². The summed E-state index contributed by atoms with van der Waals surface area (Å²) >= 11 is 13.7. The van der Waals surface area contributed by atoms with Crippen LogP contribution in [-0.2, 0) is 5.75 Å². The fourth-order valence-corrected chi connectivity index (χ4v) is 2.75. The first-order chi connectivity index (χ1) is 9.19. The summed E-state index contributed by atoms with van der Waals surface area (Å²) in [5.41, 5.74) is 1.10. The lowest BCUT2D eigenvalue weighted by atomic mass is 10.3. The highest BCUT2D eigenvalue weighted by atomic mass is 35.5. The van der Waals surface area contributed by atoms with Gasteiger partial charge in [0.25, 0.3) is 0 Å². The van der Waals surface area contributed by atoms with E-state index in [0.29, 0.717) is 5.02 Å². The summed E-state index contributed by atoms with van der Waals surface area (Å²) in [4.78, 5) is 5.49. The zero-order valence-corrected chi connectivity index (χ0v) is 12.8. The van der Waals surface area contributed by atoms with Crippen LogP contribution in [0.4, 0.5) is 5.82 Å². The largest absolute Gasteiger partial charge is 0.369 e. The molecule has 0 fully saturated rings. The second-order valence-electron chi connectivity index (χ2n) is 3.95. The quantitative estimate of drug-likeness (QED) is 0.776. The molecule has 0 aliphatic heterocycles. The van der Waals surface area contributed by atoms with Gasteiger partial charge in [0.2, 0.25) is 0 Å². The summed E-state index contributed by atoms with van der Waals surface area (Å²) in [6.45, 7) is 2.83. The van der Waals surface area contributed by atoms with Crippen LogP contribution < -0.4 is 5.32 Å². The van der Waals surface area contributed by atoms with Gasteiger partial charge in [-0.1, -0.05) is 23.2 Å². The Labute approximate surface area is 127 Å². The molecule has 0 aliphatic rings. The number of rotatable bonds is 5. The summed E-state index contributed by atoms with van der Waals surface area (Å²) in [6, 6.07) is 9.76. The van der Waals surface area contributed by atoms with Crippen molar-refractivity contribution in [3.8, 4) is 0 Å². The van der Waals surface area contributed by atoms with Gasteiger partial charge < -0.3 is 5.32 Å². The number of hydrogen-bond acceptors (Lipinski definition) is 3. The molecule has 2 nitrogen and oxygen atoms in total. The highest BCUT2D eigenvalue weighted by molar-refractivity contribution is 7.98. The van der Waals surface area contributed by atoms with Gasteiger partial charge in [-0.25, -0.2) is 4.98 Å². The van der Waals surface area contributed by atoms with Crippen molar-refractivity contribution in [2.24, 2.45) is 0 Å². The predicted molar refractivity (Wildman–Crippen MR) is 84.4 cm³/mol. The molecule has 0 saturated heterocycles. The lowest BCUT2D eigenvalue weighted by Crippen LogP contribution is -2.00. The van der Waals surface area contributed by atoms with E-state index in [2.05, 4.69) is 10.3 Å². The van der Waals surface area contributed by atoms with E-state index in [1.54, 1.807) is 11.8 Å². The average Bonchev–Trinajstić information content (AvgIpc) is 2.41. The number of halogens is 2. The smallest absolute Gasteiger partial charge is 0.144 e. The first kappa shape index (κ1) is 14.5. The van der Waals surface area contributed by atoms with Gasteiger partial charge in [-0.15, -0.1) is 11.8 Å². The van der Waals surface area contributed by atoms with Crippen LogP contribution in [0, 0.1) is 0 Å². The van der Waals surface area contributed by atoms with Crippen molar-refractivity contribution in [3.05, 3.63) is 52.1 Å². The van der Waals surface area contributed by atoms with Crippen molar-refractivity contribution in [1.82, 2.24) is 4.98 Å². The van der Waals surface area contributed by atoms with Gasteiger partial charge in [0.05, 0.1) is 5.02 Å². The molecule has 2 rings (SSSR count). The van der Waals surface area contributed by atoms with Gasteiger partial charge in [-0.3, -0.25) is 0 Å². The third kappa shape index (κ3) is 4.30. The minimum absolute atomic E-state index is 0.663. The summed E-state index contributed by atoms with van der Waals surface area (Å²) in [7, 11) is 0. The van der Waals surface area contributed by atoms with Crippen molar-refractivity contribution in [1.29, 1.82) is 0 Å². The first-order valence-electron chi connectivity index (χ1n) is 5.95. The third-order valence-corrected chi connectivity index (χ3v) is 4.08. The van der Waals surface area contributed by atoms with Crippen LogP contribution in [0.25, 0.3) is 0 Å². The van der Waals surface area contributed by atoms with Crippen molar-refractivity contribution in [2.45, 2.75) is 17.6 Å². The molecule has 5 heteroatoms. The number of anilines is 1. The Morgan fingerprint density at radius 2 is 1.95 bits per heavy atom. The Morgan fingerprint density at radius 3 is 2.58 bits per heavy atom. The van der Waals surface area contributed by atoms with Crippen molar-refractivity contribution in [2.75, 3.05) is 11.9 Å². The van der Waals surface area contributed by atoms with Crippen molar-refractivity contribution in [3.63, 3.8) is 0 Å². The minimum atomic E-state index is 0.663. The predicted octanol–water partition coefficient (Wildman–Crippen LogP) is 5.11. The molecule has 0 saturated carbocycles. The van der Waals surface area contributed by atoms with Gasteiger partial charge in [0, 0.05) is 28.4 Å². The standard InChI is InChI=1S/C14H14Cl2N2S/c1-2-17-14-13(16)7-10(8-18-14)9-19-12-5-3-11(15)4-6-12/h3-8H,2,9H2,1H3,(H,17,18). The van der Waals surface area contributed by atoms with Crippen LogP contribution in [0.2, 0.25) is 10.0 Å². The SMILES string of the molecule is CCNc1ncc(CSc2ccc(Cl)cc2)cc1Cl. The van der Waals surface area contributed by atoms with E-state index in [1.807, 2.05) is 43.5 Å². The fraction of sp³-hybridized carbons (Fsp3) is 0.214. The second-order valence-corrected chi connectivity index (χ2v) is 5.84. The topological polar surface area (TPSA) is 24.9 Å². The Balaban J connectivity index is 1.99. The summed E-state index contributed by atoms with van der Waals surface area (Å²) in [5.74, 6) is 1.57. The van der Waals surface area contributed by atoms with Gasteiger partial charge in [-0.05, 0) is 42.8 Å². The molecule has 0 radical (unpaired) electrons. The van der Waals surface area contributed by atoms with Gasteiger partial charge in [0.1, 0.15) is 5.82 Å². The number of pyridine rings is 1. The summed E-state index contributed by atoms with van der Waals surface area (Å²) in [5, 5.41) is 4.54. The number of hydrogen-bond donors (Lipinski definition) is 1. The molecular weight excluding hydrogens is 299 g/mol. The maximum atomic E-state index is 6.16. The van der Waals surface area contributed by atoms with E-state index in [1.165, 1.54) is 4.90 Å². The van der Waals surface area contributed by atoms with E-state index < -0.39 is 0 Å². The molecule has 100 valence electrons. The van der Waals surface area contributed by atoms with E-state index in [9.17, 15) is 0 Å². The normalized spacial score (nSPS) is 10.5. The molecule has 1 aromatic carbocycles. The number of benzene rings is 1. The van der Waals surface area contributed by atoms with E-state index in [-0.39, 0.29) is 0 Å². The zero-order chi connectivity index (χ0) is 13.7. The maximum absolute atomic E-state index is 6.16. The molecule has 19 heavy (non-hydrogen) atoms. The van der Waals surface area contributed by atoms with Crippen LogP contribution in [0.15, 0.2) is 41.4 Å². The molecular formula is C14H14Cl2N2S. The van der Waals surface area contributed by atoms with Crippen LogP contribution in [0.1, 0.15) is 12.5 Å². The molecule has 0 bridgehead atoms. The lowest BCUT2D eigenvalue weighted by molar-refractivity contribution is 1.14. The number of aromatic nitrogens is 1. The molecule has 1 heterocycles. The molecule has 0 spiro atoms. The molecule has 0 aliphatic carbocycles. The van der Waals surface area contributed by atoms with Crippen molar-refractivity contribution >= 4 is 40.8 Å².